The fourth-order valence-electron chi connectivity index (χ4n) is 3.63. The topological polar surface area (TPSA) is 71.5 Å². The zero-order chi connectivity index (χ0) is 23.4. The Bertz CT molecular complexity index is 1140. The fraction of sp³-hybridized carbons (Fsp3) is 0.269. The summed E-state index contributed by atoms with van der Waals surface area (Å²) in [5, 5.41) is 2.68. The second kappa shape index (κ2) is 9.81. The number of rotatable bonds is 5. The molecular formula is C26H26FN3O3. The van der Waals surface area contributed by atoms with Crippen LogP contribution in [0.3, 0.4) is 0 Å². The van der Waals surface area contributed by atoms with Crippen LogP contribution in [0.25, 0.3) is 0 Å². The summed E-state index contributed by atoms with van der Waals surface area (Å²) in [4.78, 5) is 31.1. The average Bonchev–Trinajstić information content (AvgIpc) is 2.82. The number of halogens is 1. The number of likely N-dealkylation sites (tertiary alicyclic amines) is 1. The average molecular weight is 448 g/mol. The minimum absolute atomic E-state index is 0.0418. The summed E-state index contributed by atoms with van der Waals surface area (Å²) >= 11 is 0. The van der Waals surface area contributed by atoms with Crippen molar-refractivity contribution in [2.75, 3.05) is 18.4 Å². The van der Waals surface area contributed by atoms with Gasteiger partial charge in [0.05, 0.1) is 11.9 Å². The van der Waals surface area contributed by atoms with E-state index in [1.165, 1.54) is 12.3 Å². The number of carbonyl (C=O) groups is 2. The quantitative estimate of drug-likeness (QED) is 0.565. The van der Waals surface area contributed by atoms with Gasteiger partial charge in [-0.2, -0.15) is 0 Å². The summed E-state index contributed by atoms with van der Waals surface area (Å²) in [6.45, 7) is 5.45. The molecule has 6 nitrogen and oxygen atoms in total. The minimum Gasteiger partial charge on any atom is -0.439 e. The highest BCUT2D eigenvalue weighted by atomic mass is 19.1. The lowest BCUT2D eigenvalue weighted by molar-refractivity contribution is 0.0697. The van der Waals surface area contributed by atoms with Crippen LogP contribution in [0.1, 0.15) is 46.0 Å². The maximum atomic E-state index is 13.7. The number of carbonyl (C=O) groups excluding carboxylic acids is 2. The summed E-state index contributed by atoms with van der Waals surface area (Å²) in [7, 11) is 0. The van der Waals surface area contributed by atoms with Gasteiger partial charge in [0.15, 0.2) is 0 Å². The highest BCUT2D eigenvalue weighted by Crippen LogP contribution is 2.23. The van der Waals surface area contributed by atoms with E-state index in [0.717, 1.165) is 25.9 Å². The molecule has 170 valence electrons. The third-order valence-electron chi connectivity index (χ3n) is 5.82. The van der Waals surface area contributed by atoms with Crippen molar-refractivity contribution in [3.05, 3.63) is 83.3 Å². The SMILES string of the molecule is Cc1ccc(C(=O)Nc2ccc(Oc3ccc(C(=O)N4CCC(C)CC4)cc3)nc2)cc1F. The molecule has 1 saturated heterocycles. The molecule has 1 aromatic heterocycles. The molecule has 0 aliphatic carbocycles. The fourth-order valence-corrected chi connectivity index (χ4v) is 3.63. The molecule has 0 atom stereocenters. The van der Waals surface area contributed by atoms with E-state index in [1.54, 1.807) is 55.5 Å². The monoisotopic (exact) mass is 447 g/mol. The number of nitrogens with one attached hydrogen (secondary N) is 1. The van der Waals surface area contributed by atoms with Crippen LogP contribution in [0, 0.1) is 18.7 Å². The number of pyridine rings is 1. The molecule has 4 rings (SSSR count). The van der Waals surface area contributed by atoms with Gasteiger partial charge in [-0.15, -0.1) is 0 Å². The first kappa shape index (κ1) is 22.5. The summed E-state index contributed by atoms with van der Waals surface area (Å²) in [5.41, 5.74) is 1.81. The van der Waals surface area contributed by atoms with E-state index < -0.39 is 11.7 Å². The van der Waals surface area contributed by atoms with E-state index in [-0.39, 0.29) is 11.5 Å². The first-order valence-electron chi connectivity index (χ1n) is 11.0. The molecule has 2 amide bonds. The van der Waals surface area contributed by atoms with Gasteiger partial charge in [-0.3, -0.25) is 9.59 Å². The number of nitrogens with zero attached hydrogens (tertiary/aromatic N) is 2. The lowest BCUT2D eigenvalue weighted by Gasteiger charge is -2.30. The minimum atomic E-state index is -0.428. The Morgan fingerprint density at radius 3 is 2.36 bits per heavy atom. The molecule has 1 fully saturated rings. The van der Waals surface area contributed by atoms with Gasteiger partial charge >= 0.3 is 0 Å². The lowest BCUT2D eigenvalue weighted by atomic mass is 9.98. The lowest BCUT2D eigenvalue weighted by Crippen LogP contribution is -2.37. The normalized spacial score (nSPS) is 14.1. The second-order valence-electron chi connectivity index (χ2n) is 8.40. The number of hydrogen-bond acceptors (Lipinski definition) is 4. The first-order valence-corrected chi connectivity index (χ1v) is 11.0. The third kappa shape index (κ3) is 5.55. The predicted octanol–water partition coefficient (Wildman–Crippen LogP) is 5.45. The van der Waals surface area contributed by atoms with Crippen molar-refractivity contribution in [3.8, 4) is 11.6 Å². The molecule has 7 heteroatoms. The molecule has 1 aliphatic heterocycles. The maximum Gasteiger partial charge on any atom is 0.255 e. The molecule has 2 aromatic carbocycles. The van der Waals surface area contributed by atoms with Gasteiger partial charge < -0.3 is 15.0 Å². The number of aromatic nitrogens is 1. The zero-order valence-corrected chi connectivity index (χ0v) is 18.7. The predicted molar refractivity (Wildman–Crippen MR) is 124 cm³/mol. The van der Waals surface area contributed by atoms with Crippen LogP contribution in [0.15, 0.2) is 60.8 Å². The highest BCUT2D eigenvalue weighted by molar-refractivity contribution is 6.04. The Hall–Kier alpha value is -3.74. The molecule has 1 aliphatic rings. The van der Waals surface area contributed by atoms with Gasteiger partial charge in [0.2, 0.25) is 5.88 Å². The smallest absolute Gasteiger partial charge is 0.255 e. The van der Waals surface area contributed by atoms with Gasteiger partial charge in [-0.05, 0) is 73.7 Å². The number of anilines is 1. The van der Waals surface area contributed by atoms with Gasteiger partial charge in [0.25, 0.3) is 11.8 Å². The standard InChI is InChI=1S/C26H26FN3O3/c1-17-11-13-30(14-12-17)26(32)19-5-8-22(9-6-19)33-24-10-7-21(16-28-24)29-25(31)20-4-3-18(2)23(27)15-20/h3-10,15-17H,11-14H2,1-2H3,(H,29,31). The number of piperidine rings is 1. The molecular weight excluding hydrogens is 421 g/mol. The molecule has 0 unspecified atom stereocenters. The number of hydrogen-bond donors (Lipinski definition) is 1. The van der Waals surface area contributed by atoms with Crippen molar-refractivity contribution in [2.24, 2.45) is 5.92 Å². The Balaban J connectivity index is 1.34. The molecule has 0 spiro atoms. The van der Waals surface area contributed by atoms with Crippen LogP contribution in [-0.2, 0) is 0 Å². The Labute approximate surface area is 192 Å². The second-order valence-corrected chi connectivity index (χ2v) is 8.40. The summed E-state index contributed by atoms with van der Waals surface area (Å²) in [6, 6.07) is 14.6. The number of benzene rings is 2. The first-order chi connectivity index (χ1) is 15.9. The van der Waals surface area contributed by atoms with Gasteiger partial charge in [0.1, 0.15) is 11.6 Å². The molecule has 33 heavy (non-hydrogen) atoms. The van der Waals surface area contributed by atoms with E-state index >= 15 is 0 Å². The van der Waals surface area contributed by atoms with Crippen molar-refractivity contribution < 1.29 is 18.7 Å². The molecule has 2 heterocycles. The summed E-state index contributed by atoms with van der Waals surface area (Å²) in [6.07, 6.45) is 3.54. The van der Waals surface area contributed by atoms with E-state index in [9.17, 15) is 14.0 Å². The largest absolute Gasteiger partial charge is 0.439 e. The molecule has 0 saturated carbocycles. The van der Waals surface area contributed by atoms with Crippen molar-refractivity contribution in [1.82, 2.24) is 9.88 Å². The Kier molecular flexibility index (Phi) is 6.68. The van der Waals surface area contributed by atoms with Crippen LogP contribution >= 0.6 is 0 Å². The van der Waals surface area contributed by atoms with Crippen LogP contribution in [0.4, 0.5) is 10.1 Å². The Morgan fingerprint density at radius 2 is 1.73 bits per heavy atom. The number of amides is 2. The van der Waals surface area contributed by atoms with Crippen LogP contribution in [-0.4, -0.2) is 34.8 Å². The van der Waals surface area contributed by atoms with Gasteiger partial charge in [-0.1, -0.05) is 13.0 Å². The van der Waals surface area contributed by atoms with Crippen LogP contribution in [0.2, 0.25) is 0 Å². The van der Waals surface area contributed by atoms with E-state index in [2.05, 4.69) is 17.2 Å². The maximum absolute atomic E-state index is 13.7. The van der Waals surface area contributed by atoms with Crippen molar-refractivity contribution in [1.29, 1.82) is 0 Å². The van der Waals surface area contributed by atoms with Crippen LogP contribution < -0.4 is 10.1 Å². The van der Waals surface area contributed by atoms with Crippen molar-refractivity contribution in [2.45, 2.75) is 26.7 Å². The van der Waals surface area contributed by atoms with Gasteiger partial charge in [0, 0.05) is 30.3 Å². The molecule has 1 N–H and O–H groups in total. The highest BCUT2D eigenvalue weighted by Gasteiger charge is 2.21. The Morgan fingerprint density at radius 1 is 1.03 bits per heavy atom. The van der Waals surface area contributed by atoms with Crippen LogP contribution in [0.5, 0.6) is 11.6 Å². The van der Waals surface area contributed by atoms with E-state index in [4.69, 9.17) is 4.74 Å². The van der Waals surface area contributed by atoms with E-state index in [1.807, 2.05) is 4.90 Å². The van der Waals surface area contributed by atoms with Gasteiger partial charge in [-0.25, -0.2) is 9.37 Å². The molecule has 0 radical (unpaired) electrons. The summed E-state index contributed by atoms with van der Waals surface area (Å²) < 4.78 is 19.4. The number of ether oxygens (including phenoxy) is 1. The molecule has 0 bridgehead atoms. The summed E-state index contributed by atoms with van der Waals surface area (Å²) in [5.74, 6) is 0.759. The van der Waals surface area contributed by atoms with Crippen molar-refractivity contribution >= 4 is 17.5 Å². The van der Waals surface area contributed by atoms with E-state index in [0.29, 0.717) is 34.4 Å². The zero-order valence-electron chi connectivity index (χ0n) is 18.7. The molecule has 3 aromatic rings. The van der Waals surface area contributed by atoms with Crippen molar-refractivity contribution in [3.63, 3.8) is 0 Å². The number of aryl methyl sites for hydroxylation is 1. The third-order valence-corrected chi connectivity index (χ3v) is 5.82.